The molecule has 1 aromatic rings. The Morgan fingerprint density at radius 3 is 2.68 bits per heavy atom. The number of hydrogen-bond donors (Lipinski definition) is 1. The highest BCUT2D eigenvalue weighted by molar-refractivity contribution is 5.79. The predicted octanol–water partition coefficient (Wildman–Crippen LogP) is 1.72. The van der Waals surface area contributed by atoms with E-state index in [0.29, 0.717) is 12.5 Å². The van der Waals surface area contributed by atoms with Gasteiger partial charge in [-0.3, -0.25) is 14.6 Å². The molecule has 1 aromatic heterocycles. The average Bonchev–Trinajstić information content (AvgIpc) is 3.10. The molecule has 2 fully saturated rings. The summed E-state index contributed by atoms with van der Waals surface area (Å²) in [7, 11) is 2.11. The highest BCUT2D eigenvalue weighted by atomic mass is 16.2. The van der Waals surface area contributed by atoms with Crippen molar-refractivity contribution in [2.75, 3.05) is 26.7 Å². The van der Waals surface area contributed by atoms with E-state index in [0.717, 1.165) is 56.7 Å². The van der Waals surface area contributed by atoms with Crippen LogP contribution in [-0.4, -0.2) is 53.3 Å². The minimum absolute atomic E-state index is 0.0628. The fraction of sp³-hybridized carbons (Fsp3) is 0.632. The summed E-state index contributed by atoms with van der Waals surface area (Å²) >= 11 is 0. The molecule has 1 atom stereocenters. The Kier molecular flexibility index (Phi) is 5.68. The Labute approximate surface area is 149 Å². The molecular weight excluding hydrogens is 316 g/mol. The van der Waals surface area contributed by atoms with Gasteiger partial charge in [-0.15, -0.1) is 0 Å². The van der Waals surface area contributed by atoms with E-state index in [9.17, 15) is 9.59 Å². The third kappa shape index (κ3) is 4.37. The monoisotopic (exact) mass is 344 g/mol. The zero-order valence-electron chi connectivity index (χ0n) is 15.2. The second-order valence-electron chi connectivity index (χ2n) is 7.23. The molecule has 25 heavy (non-hydrogen) atoms. The molecule has 2 amide bonds. The molecule has 0 spiro atoms. The number of pyridine rings is 1. The Balaban J connectivity index is 1.69. The molecular formula is C19H28N4O2. The molecule has 6 nitrogen and oxygen atoms in total. The molecule has 2 aliphatic rings. The van der Waals surface area contributed by atoms with Gasteiger partial charge in [-0.25, -0.2) is 0 Å². The summed E-state index contributed by atoms with van der Waals surface area (Å²) in [5.41, 5.74) is 1.79. The van der Waals surface area contributed by atoms with Crippen LogP contribution in [0.5, 0.6) is 0 Å². The first-order valence-electron chi connectivity index (χ1n) is 9.24. The molecule has 0 bridgehead atoms. The SMILES string of the molecule is CC(=O)NCc1cccc([C@@H]2CCCN2C(=O)C2CCN(C)CC2)n1. The molecule has 2 aliphatic heterocycles. The lowest BCUT2D eigenvalue weighted by Gasteiger charge is -2.33. The van der Waals surface area contributed by atoms with Gasteiger partial charge >= 0.3 is 0 Å². The van der Waals surface area contributed by atoms with Crippen molar-refractivity contribution >= 4 is 11.8 Å². The van der Waals surface area contributed by atoms with Gasteiger partial charge in [0.05, 0.1) is 24.0 Å². The molecule has 0 saturated carbocycles. The highest BCUT2D eigenvalue weighted by Gasteiger charge is 2.35. The van der Waals surface area contributed by atoms with Crippen LogP contribution in [0.2, 0.25) is 0 Å². The molecule has 136 valence electrons. The Morgan fingerprint density at radius 1 is 1.20 bits per heavy atom. The van der Waals surface area contributed by atoms with Gasteiger partial charge in [0, 0.05) is 19.4 Å². The Morgan fingerprint density at radius 2 is 1.96 bits per heavy atom. The van der Waals surface area contributed by atoms with Gasteiger partial charge in [0.1, 0.15) is 0 Å². The van der Waals surface area contributed by atoms with Crippen LogP contribution in [0.15, 0.2) is 18.2 Å². The van der Waals surface area contributed by atoms with Crippen LogP contribution in [0.1, 0.15) is 50.0 Å². The van der Waals surface area contributed by atoms with Gasteiger partial charge in [-0.05, 0) is 58.0 Å². The van der Waals surface area contributed by atoms with E-state index in [2.05, 4.69) is 17.3 Å². The maximum Gasteiger partial charge on any atom is 0.226 e. The number of carbonyl (C=O) groups is 2. The van der Waals surface area contributed by atoms with Crippen LogP contribution >= 0.6 is 0 Å². The quantitative estimate of drug-likeness (QED) is 0.903. The lowest BCUT2D eigenvalue weighted by atomic mass is 9.95. The first-order chi connectivity index (χ1) is 12.0. The van der Waals surface area contributed by atoms with Gasteiger partial charge in [0.15, 0.2) is 0 Å². The number of hydrogen-bond acceptors (Lipinski definition) is 4. The van der Waals surface area contributed by atoms with E-state index in [-0.39, 0.29) is 17.9 Å². The third-order valence-corrected chi connectivity index (χ3v) is 5.29. The summed E-state index contributed by atoms with van der Waals surface area (Å²) in [5.74, 6) is 0.385. The molecule has 3 rings (SSSR count). The first kappa shape index (κ1) is 17.9. The summed E-state index contributed by atoms with van der Waals surface area (Å²) in [6.07, 6.45) is 3.90. The van der Waals surface area contributed by atoms with Crippen molar-refractivity contribution in [1.29, 1.82) is 0 Å². The predicted molar refractivity (Wildman–Crippen MR) is 95.7 cm³/mol. The van der Waals surface area contributed by atoms with Crippen LogP contribution < -0.4 is 5.32 Å². The lowest BCUT2D eigenvalue weighted by Crippen LogP contribution is -2.41. The summed E-state index contributed by atoms with van der Waals surface area (Å²) in [6, 6.07) is 5.96. The van der Waals surface area contributed by atoms with Gasteiger partial charge in [-0.2, -0.15) is 0 Å². The number of nitrogens with zero attached hydrogens (tertiary/aromatic N) is 3. The summed E-state index contributed by atoms with van der Waals surface area (Å²) < 4.78 is 0. The summed E-state index contributed by atoms with van der Waals surface area (Å²) in [6.45, 7) is 4.76. The van der Waals surface area contributed by atoms with Crippen molar-refractivity contribution in [3.05, 3.63) is 29.6 Å². The molecule has 0 radical (unpaired) electrons. The minimum atomic E-state index is -0.0628. The van der Waals surface area contributed by atoms with E-state index < -0.39 is 0 Å². The fourth-order valence-corrected chi connectivity index (χ4v) is 3.83. The average molecular weight is 344 g/mol. The topological polar surface area (TPSA) is 65.5 Å². The minimum Gasteiger partial charge on any atom is -0.351 e. The second kappa shape index (κ2) is 7.95. The van der Waals surface area contributed by atoms with Crippen molar-refractivity contribution in [3.8, 4) is 0 Å². The number of amides is 2. The number of carbonyl (C=O) groups excluding carboxylic acids is 2. The molecule has 3 heterocycles. The van der Waals surface area contributed by atoms with Gasteiger partial charge < -0.3 is 15.1 Å². The van der Waals surface area contributed by atoms with Crippen LogP contribution in [0.3, 0.4) is 0 Å². The maximum absolute atomic E-state index is 13.0. The number of rotatable bonds is 4. The van der Waals surface area contributed by atoms with Crippen molar-refractivity contribution in [1.82, 2.24) is 20.1 Å². The Bertz CT molecular complexity index is 626. The third-order valence-electron chi connectivity index (χ3n) is 5.29. The zero-order valence-corrected chi connectivity index (χ0v) is 15.2. The molecule has 1 N–H and O–H groups in total. The van der Waals surface area contributed by atoms with E-state index in [1.54, 1.807) is 0 Å². The van der Waals surface area contributed by atoms with Crippen LogP contribution in [0.4, 0.5) is 0 Å². The molecule has 2 saturated heterocycles. The molecule has 0 aromatic carbocycles. The maximum atomic E-state index is 13.0. The van der Waals surface area contributed by atoms with Crippen molar-refractivity contribution in [3.63, 3.8) is 0 Å². The Hall–Kier alpha value is -1.95. The second-order valence-corrected chi connectivity index (χ2v) is 7.23. The van der Waals surface area contributed by atoms with Crippen LogP contribution in [-0.2, 0) is 16.1 Å². The summed E-state index contributed by atoms with van der Waals surface area (Å²) in [5, 5.41) is 2.78. The van der Waals surface area contributed by atoms with Gasteiger partial charge in [0.25, 0.3) is 0 Å². The van der Waals surface area contributed by atoms with E-state index >= 15 is 0 Å². The molecule has 6 heteroatoms. The standard InChI is InChI=1S/C19H28N4O2/c1-14(24)20-13-16-5-3-6-17(21-16)18-7-4-10-23(18)19(25)15-8-11-22(2)12-9-15/h3,5-6,15,18H,4,7-13H2,1-2H3,(H,20,24)/t18-/m0/s1. The van der Waals surface area contributed by atoms with E-state index in [1.807, 2.05) is 23.1 Å². The number of aromatic nitrogens is 1. The number of likely N-dealkylation sites (tertiary alicyclic amines) is 2. The summed E-state index contributed by atoms with van der Waals surface area (Å²) in [4.78, 5) is 33.1. The fourth-order valence-electron chi connectivity index (χ4n) is 3.83. The van der Waals surface area contributed by atoms with Crippen LogP contribution in [0.25, 0.3) is 0 Å². The number of nitrogens with one attached hydrogen (secondary N) is 1. The molecule has 0 aliphatic carbocycles. The van der Waals surface area contributed by atoms with Crippen LogP contribution in [0, 0.1) is 5.92 Å². The zero-order chi connectivity index (χ0) is 17.8. The van der Waals surface area contributed by atoms with Gasteiger partial charge in [0.2, 0.25) is 11.8 Å². The largest absolute Gasteiger partial charge is 0.351 e. The first-order valence-corrected chi connectivity index (χ1v) is 9.24. The normalized spacial score (nSPS) is 22.2. The molecule has 0 unspecified atom stereocenters. The number of piperidine rings is 1. The van der Waals surface area contributed by atoms with Gasteiger partial charge in [-0.1, -0.05) is 6.07 Å². The lowest BCUT2D eigenvalue weighted by molar-refractivity contribution is -0.138. The van der Waals surface area contributed by atoms with Crippen molar-refractivity contribution < 1.29 is 9.59 Å². The van der Waals surface area contributed by atoms with E-state index in [4.69, 9.17) is 4.98 Å². The van der Waals surface area contributed by atoms with E-state index in [1.165, 1.54) is 6.92 Å². The smallest absolute Gasteiger partial charge is 0.226 e. The van der Waals surface area contributed by atoms with Crippen molar-refractivity contribution in [2.24, 2.45) is 5.92 Å². The highest BCUT2D eigenvalue weighted by Crippen LogP contribution is 2.33. The van der Waals surface area contributed by atoms with Crippen molar-refractivity contribution in [2.45, 2.75) is 45.2 Å².